The zero-order valence-corrected chi connectivity index (χ0v) is 10.1. The Morgan fingerprint density at radius 3 is 2.00 bits per heavy atom. The Kier molecular flexibility index (Phi) is 5.78. The molecule has 14 heavy (non-hydrogen) atoms. The largest absolute Gasteiger partial charge is 0.353 e. The van der Waals surface area contributed by atoms with E-state index in [4.69, 9.17) is 36.2 Å². The van der Waals surface area contributed by atoms with E-state index >= 15 is 0 Å². The van der Waals surface area contributed by atoms with Crippen LogP contribution in [0, 0.1) is 6.92 Å². The standard InChI is InChI=1S/C7H6Cl2.ClHO3S/c1-5-2-3-6(8)4-7(5)9;1-5(2,3)4/h2-4H,1H3;(H,2,3,4). The number of benzene rings is 1. The second-order valence-corrected chi connectivity index (χ2v) is 5.14. The average molecular weight is 278 g/mol. The van der Waals surface area contributed by atoms with Crippen molar-refractivity contribution in [1.29, 1.82) is 0 Å². The molecule has 0 saturated heterocycles. The van der Waals surface area contributed by atoms with Gasteiger partial charge in [-0.25, -0.2) is 0 Å². The molecule has 0 aliphatic heterocycles. The van der Waals surface area contributed by atoms with Crippen LogP contribution in [0.4, 0.5) is 0 Å². The van der Waals surface area contributed by atoms with Crippen LogP contribution >= 0.6 is 33.9 Å². The second-order valence-electron chi connectivity index (χ2n) is 2.31. The fourth-order valence-electron chi connectivity index (χ4n) is 0.567. The highest BCUT2D eigenvalue weighted by Gasteiger charge is 1.92. The number of hydrogen-bond donors (Lipinski definition) is 1. The third-order valence-electron chi connectivity index (χ3n) is 1.13. The molecule has 1 N–H and O–H groups in total. The van der Waals surface area contributed by atoms with Crippen LogP contribution < -0.4 is 0 Å². The smallest absolute Gasteiger partial charge is 0.273 e. The van der Waals surface area contributed by atoms with E-state index in [9.17, 15) is 0 Å². The predicted octanol–water partition coefficient (Wildman–Crippen LogP) is 3.33. The van der Waals surface area contributed by atoms with Crippen LogP contribution in [0.15, 0.2) is 18.2 Å². The number of aryl methyl sites for hydroxylation is 1. The monoisotopic (exact) mass is 276 g/mol. The Morgan fingerprint density at radius 2 is 1.71 bits per heavy atom. The molecule has 0 fully saturated rings. The van der Waals surface area contributed by atoms with Gasteiger partial charge >= 0.3 is 9.33 Å². The maximum Gasteiger partial charge on any atom is 0.353 e. The van der Waals surface area contributed by atoms with E-state index in [1.165, 1.54) is 0 Å². The topological polar surface area (TPSA) is 54.4 Å². The summed E-state index contributed by atoms with van der Waals surface area (Å²) in [6.07, 6.45) is 0. The molecule has 80 valence electrons. The van der Waals surface area contributed by atoms with Crippen LogP contribution in [-0.2, 0) is 9.33 Å². The first-order valence-electron chi connectivity index (χ1n) is 3.29. The van der Waals surface area contributed by atoms with Crippen molar-refractivity contribution in [3.63, 3.8) is 0 Å². The molecule has 1 aromatic carbocycles. The average Bonchev–Trinajstić information content (AvgIpc) is 1.94. The lowest BCUT2D eigenvalue weighted by atomic mass is 10.2. The van der Waals surface area contributed by atoms with E-state index in [2.05, 4.69) is 10.7 Å². The fourth-order valence-corrected chi connectivity index (χ4v) is 0.976. The fraction of sp³-hybridized carbons (Fsp3) is 0.143. The van der Waals surface area contributed by atoms with E-state index in [0.717, 1.165) is 10.6 Å². The van der Waals surface area contributed by atoms with Gasteiger partial charge in [-0.05, 0) is 24.6 Å². The van der Waals surface area contributed by atoms with Crippen LogP contribution in [-0.4, -0.2) is 13.0 Å². The lowest BCUT2D eigenvalue weighted by Crippen LogP contribution is -1.77. The zero-order chi connectivity index (χ0) is 11.4. The van der Waals surface area contributed by atoms with Crippen molar-refractivity contribution in [3.8, 4) is 0 Å². The van der Waals surface area contributed by atoms with Crippen LogP contribution in [0.1, 0.15) is 5.56 Å². The molecular weight excluding hydrogens is 270 g/mol. The highest BCUT2D eigenvalue weighted by Crippen LogP contribution is 2.19. The SMILES string of the molecule is Cc1ccc(Cl)cc1Cl.O=S(=O)(O)Cl. The van der Waals surface area contributed by atoms with Crippen LogP contribution in [0.25, 0.3) is 0 Å². The van der Waals surface area contributed by atoms with E-state index < -0.39 is 9.33 Å². The molecule has 0 amide bonds. The molecule has 0 aliphatic carbocycles. The molecular formula is C7H7Cl3O3S. The van der Waals surface area contributed by atoms with Gasteiger partial charge in [-0.3, -0.25) is 4.55 Å². The lowest BCUT2D eigenvalue weighted by molar-refractivity contribution is 0.501. The number of halogens is 3. The first-order chi connectivity index (χ1) is 6.20. The minimum Gasteiger partial charge on any atom is -0.273 e. The lowest BCUT2D eigenvalue weighted by Gasteiger charge is -1.94. The van der Waals surface area contributed by atoms with Gasteiger partial charge in [0.1, 0.15) is 0 Å². The van der Waals surface area contributed by atoms with Crippen LogP contribution in [0.2, 0.25) is 10.0 Å². The summed E-state index contributed by atoms with van der Waals surface area (Å²) in [6, 6.07) is 5.45. The Bertz CT molecular complexity index is 395. The van der Waals surface area contributed by atoms with Gasteiger partial charge in [0.25, 0.3) is 0 Å². The van der Waals surface area contributed by atoms with Gasteiger partial charge in [0, 0.05) is 20.7 Å². The van der Waals surface area contributed by atoms with Crippen molar-refractivity contribution in [1.82, 2.24) is 0 Å². The number of rotatable bonds is 0. The molecule has 0 heterocycles. The van der Waals surface area contributed by atoms with Crippen molar-refractivity contribution in [3.05, 3.63) is 33.8 Å². The maximum absolute atomic E-state index is 8.95. The van der Waals surface area contributed by atoms with Gasteiger partial charge in [-0.15, -0.1) is 0 Å². The molecule has 0 aromatic heterocycles. The van der Waals surface area contributed by atoms with Crippen molar-refractivity contribution in [2.24, 2.45) is 0 Å². The van der Waals surface area contributed by atoms with Gasteiger partial charge < -0.3 is 0 Å². The van der Waals surface area contributed by atoms with Gasteiger partial charge in [0.2, 0.25) is 0 Å². The zero-order valence-electron chi connectivity index (χ0n) is 7.04. The quantitative estimate of drug-likeness (QED) is 0.584. The summed E-state index contributed by atoms with van der Waals surface area (Å²) in [5.74, 6) is 0. The van der Waals surface area contributed by atoms with Gasteiger partial charge in [-0.2, -0.15) is 8.42 Å². The molecule has 1 rings (SSSR count). The van der Waals surface area contributed by atoms with Crippen LogP contribution in [0.5, 0.6) is 0 Å². The van der Waals surface area contributed by atoms with E-state index in [0.29, 0.717) is 5.02 Å². The molecule has 7 heteroatoms. The van der Waals surface area contributed by atoms with E-state index in [1.807, 2.05) is 19.1 Å². The van der Waals surface area contributed by atoms with E-state index in [-0.39, 0.29) is 0 Å². The Hall–Kier alpha value is -0.000000000000000111. The highest BCUT2D eigenvalue weighted by atomic mass is 35.7. The second kappa shape index (κ2) is 5.78. The summed E-state index contributed by atoms with van der Waals surface area (Å²) in [6.45, 7) is 1.94. The van der Waals surface area contributed by atoms with E-state index in [1.54, 1.807) is 6.07 Å². The predicted molar refractivity (Wildman–Crippen MR) is 58.6 cm³/mol. The summed E-state index contributed by atoms with van der Waals surface area (Å²) >= 11 is 11.4. The molecule has 0 unspecified atom stereocenters. The van der Waals surface area contributed by atoms with Crippen LogP contribution in [0.3, 0.4) is 0 Å². The maximum atomic E-state index is 8.95. The normalized spacial score (nSPS) is 10.4. The molecule has 3 nitrogen and oxygen atoms in total. The van der Waals surface area contributed by atoms with Gasteiger partial charge in [-0.1, -0.05) is 29.3 Å². The van der Waals surface area contributed by atoms with Gasteiger partial charge in [0.05, 0.1) is 0 Å². The van der Waals surface area contributed by atoms with Crippen molar-refractivity contribution < 1.29 is 13.0 Å². The summed E-state index contributed by atoms with van der Waals surface area (Å²) < 4.78 is 25.2. The minimum atomic E-state index is -4.19. The molecule has 1 aromatic rings. The molecule has 0 spiro atoms. The Balaban J connectivity index is 0.000000292. The molecule has 0 radical (unpaired) electrons. The summed E-state index contributed by atoms with van der Waals surface area (Å²) in [7, 11) is -0.137. The Morgan fingerprint density at radius 1 is 1.29 bits per heavy atom. The van der Waals surface area contributed by atoms with Crippen molar-refractivity contribution in [2.75, 3.05) is 0 Å². The third-order valence-corrected chi connectivity index (χ3v) is 1.78. The highest BCUT2D eigenvalue weighted by molar-refractivity contribution is 8.09. The first kappa shape index (κ1) is 14.0. The summed E-state index contributed by atoms with van der Waals surface area (Å²) in [5.41, 5.74) is 1.06. The molecule has 0 bridgehead atoms. The number of hydrogen-bond acceptors (Lipinski definition) is 2. The minimum absolute atomic E-state index is 0.686. The first-order valence-corrected chi connectivity index (χ1v) is 6.31. The summed E-state index contributed by atoms with van der Waals surface area (Å²) in [4.78, 5) is 0. The molecule has 0 aliphatic rings. The van der Waals surface area contributed by atoms with Crippen molar-refractivity contribution >= 4 is 43.2 Å². The van der Waals surface area contributed by atoms with Crippen molar-refractivity contribution in [2.45, 2.75) is 6.92 Å². The molecule has 0 saturated carbocycles. The van der Waals surface area contributed by atoms with Gasteiger partial charge in [0.15, 0.2) is 0 Å². The third kappa shape index (κ3) is 8.59. The molecule has 0 atom stereocenters. The Labute approximate surface area is 96.8 Å². The summed E-state index contributed by atoms with van der Waals surface area (Å²) in [5, 5.41) is 1.41.